The van der Waals surface area contributed by atoms with E-state index in [0.717, 1.165) is 36.4 Å². The third-order valence-corrected chi connectivity index (χ3v) is 5.19. The minimum absolute atomic E-state index is 0.0113. The third-order valence-electron chi connectivity index (χ3n) is 4.32. The Kier molecular flexibility index (Phi) is 7.02. The minimum atomic E-state index is -0.175. The van der Waals surface area contributed by atoms with E-state index < -0.39 is 0 Å². The number of carbonyl (C=O) groups is 2. The average Bonchev–Trinajstić information content (AvgIpc) is 3.40. The summed E-state index contributed by atoms with van der Waals surface area (Å²) in [5, 5.41) is 5.91. The predicted molar refractivity (Wildman–Crippen MR) is 108 cm³/mol. The standard InChI is InChI=1S/C20H23N3O4S/c1-26-18-11-15(13-21-22-19(24)12-16-5-4-10-28-16)6-7-17(18)27-14-20(25)23-8-2-3-9-23/h4-7,10-11,13H,2-3,8-9,12,14H2,1H3,(H,22,24)/b21-13-. The molecule has 2 heterocycles. The summed E-state index contributed by atoms with van der Waals surface area (Å²) in [6.45, 7) is 1.59. The maximum atomic E-state index is 12.1. The first-order valence-corrected chi connectivity index (χ1v) is 9.96. The topological polar surface area (TPSA) is 80.2 Å². The molecule has 0 aliphatic carbocycles. The van der Waals surface area contributed by atoms with Crippen LogP contribution in [0.5, 0.6) is 11.5 Å². The molecular formula is C20H23N3O4S. The number of rotatable bonds is 8. The van der Waals surface area contributed by atoms with Crippen LogP contribution in [0.15, 0.2) is 40.8 Å². The lowest BCUT2D eigenvalue weighted by Crippen LogP contribution is -2.32. The van der Waals surface area contributed by atoms with Gasteiger partial charge in [-0.2, -0.15) is 5.10 Å². The van der Waals surface area contributed by atoms with Crippen molar-refractivity contribution in [3.63, 3.8) is 0 Å². The van der Waals surface area contributed by atoms with Gasteiger partial charge in [0.25, 0.3) is 5.91 Å². The van der Waals surface area contributed by atoms with Gasteiger partial charge in [-0.15, -0.1) is 11.3 Å². The van der Waals surface area contributed by atoms with Crippen molar-refractivity contribution in [2.24, 2.45) is 5.10 Å². The Morgan fingerprint density at radius 1 is 1.25 bits per heavy atom. The van der Waals surface area contributed by atoms with E-state index in [-0.39, 0.29) is 18.4 Å². The van der Waals surface area contributed by atoms with E-state index in [0.29, 0.717) is 17.9 Å². The zero-order valence-electron chi connectivity index (χ0n) is 15.7. The van der Waals surface area contributed by atoms with Gasteiger partial charge in [0.05, 0.1) is 19.7 Å². The van der Waals surface area contributed by atoms with E-state index >= 15 is 0 Å². The molecule has 0 atom stereocenters. The van der Waals surface area contributed by atoms with Gasteiger partial charge in [0.2, 0.25) is 5.91 Å². The Morgan fingerprint density at radius 3 is 2.79 bits per heavy atom. The molecule has 7 nitrogen and oxygen atoms in total. The number of methoxy groups -OCH3 is 1. The summed E-state index contributed by atoms with van der Waals surface area (Å²) in [4.78, 5) is 26.7. The van der Waals surface area contributed by atoms with Gasteiger partial charge in [0.15, 0.2) is 18.1 Å². The largest absolute Gasteiger partial charge is 0.493 e. The molecule has 1 N–H and O–H groups in total. The smallest absolute Gasteiger partial charge is 0.260 e. The van der Waals surface area contributed by atoms with Crippen LogP contribution in [0.1, 0.15) is 23.3 Å². The lowest BCUT2D eigenvalue weighted by molar-refractivity contribution is -0.132. The van der Waals surface area contributed by atoms with Crippen LogP contribution in [-0.2, 0) is 16.0 Å². The Hall–Kier alpha value is -2.87. The highest BCUT2D eigenvalue weighted by Crippen LogP contribution is 2.27. The second-order valence-corrected chi connectivity index (χ2v) is 7.37. The summed E-state index contributed by atoms with van der Waals surface area (Å²) in [5.74, 6) is 0.807. The van der Waals surface area contributed by atoms with Crippen LogP contribution in [-0.4, -0.2) is 49.7 Å². The highest BCUT2D eigenvalue weighted by molar-refractivity contribution is 7.10. The number of amides is 2. The summed E-state index contributed by atoms with van der Waals surface area (Å²) in [7, 11) is 1.54. The summed E-state index contributed by atoms with van der Waals surface area (Å²) >= 11 is 1.53. The highest BCUT2D eigenvalue weighted by atomic mass is 32.1. The number of nitrogens with zero attached hydrogens (tertiary/aromatic N) is 2. The summed E-state index contributed by atoms with van der Waals surface area (Å²) in [6.07, 6.45) is 3.93. The number of hydrogen-bond donors (Lipinski definition) is 1. The van der Waals surface area contributed by atoms with Crippen molar-refractivity contribution >= 4 is 29.4 Å². The Balaban J connectivity index is 1.53. The van der Waals surface area contributed by atoms with E-state index in [1.807, 2.05) is 22.4 Å². The van der Waals surface area contributed by atoms with Crippen molar-refractivity contribution in [2.75, 3.05) is 26.8 Å². The number of nitrogens with one attached hydrogen (secondary N) is 1. The molecule has 1 aromatic carbocycles. The van der Waals surface area contributed by atoms with Gasteiger partial charge in [-0.1, -0.05) is 6.07 Å². The fourth-order valence-electron chi connectivity index (χ4n) is 2.87. The van der Waals surface area contributed by atoms with Gasteiger partial charge in [0.1, 0.15) is 0 Å². The number of hydrazone groups is 1. The second kappa shape index (κ2) is 9.89. The molecule has 3 rings (SSSR count). The first kappa shape index (κ1) is 19.9. The van der Waals surface area contributed by atoms with Crippen molar-refractivity contribution in [1.82, 2.24) is 10.3 Å². The first-order chi connectivity index (χ1) is 13.7. The Morgan fingerprint density at radius 2 is 2.07 bits per heavy atom. The van der Waals surface area contributed by atoms with Crippen molar-refractivity contribution in [1.29, 1.82) is 0 Å². The zero-order chi connectivity index (χ0) is 19.8. The normalized spacial score (nSPS) is 13.7. The Labute approximate surface area is 167 Å². The predicted octanol–water partition coefficient (Wildman–Crippen LogP) is 2.45. The zero-order valence-corrected chi connectivity index (χ0v) is 16.5. The van der Waals surface area contributed by atoms with Gasteiger partial charge >= 0.3 is 0 Å². The molecule has 148 valence electrons. The number of hydrogen-bond acceptors (Lipinski definition) is 6. The molecular weight excluding hydrogens is 378 g/mol. The number of ether oxygens (including phenoxy) is 2. The van der Waals surface area contributed by atoms with E-state index in [1.54, 1.807) is 18.2 Å². The molecule has 2 amide bonds. The number of carbonyl (C=O) groups excluding carboxylic acids is 2. The van der Waals surface area contributed by atoms with Gasteiger partial charge in [-0.05, 0) is 48.1 Å². The van der Waals surface area contributed by atoms with Gasteiger partial charge < -0.3 is 14.4 Å². The molecule has 0 unspecified atom stereocenters. The van der Waals surface area contributed by atoms with E-state index in [4.69, 9.17) is 9.47 Å². The van der Waals surface area contributed by atoms with E-state index in [2.05, 4.69) is 10.5 Å². The monoisotopic (exact) mass is 401 g/mol. The number of thiophene rings is 1. The lowest BCUT2D eigenvalue weighted by Gasteiger charge is -2.16. The molecule has 1 aliphatic heterocycles. The van der Waals surface area contributed by atoms with Crippen LogP contribution >= 0.6 is 11.3 Å². The fraction of sp³-hybridized carbons (Fsp3) is 0.350. The molecule has 0 bridgehead atoms. The van der Waals surface area contributed by atoms with Gasteiger partial charge in [-0.25, -0.2) is 5.43 Å². The van der Waals surface area contributed by atoms with Crippen LogP contribution in [0.25, 0.3) is 0 Å². The van der Waals surface area contributed by atoms with E-state index in [1.165, 1.54) is 24.7 Å². The van der Waals surface area contributed by atoms with Crippen LogP contribution < -0.4 is 14.9 Å². The van der Waals surface area contributed by atoms with Gasteiger partial charge in [-0.3, -0.25) is 9.59 Å². The fourth-order valence-corrected chi connectivity index (χ4v) is 3.57. The van der Waals surface area contributed by atoms with Crippen molar-refractivity contribution in [3.05, 3.63) is 46.2 Å². The van der Waals surface area contributed by atoms with Crippen LogP contribution in [0, 0.1) is 0 Å². The lowest BCUT2D eigenvalue weighted by atomic mass is 10.2. The maximum absolute atomic E-state index is 12.1. The maximum Gasteiger partial charge on any atom is 0.260 e. The van der Waals surface area contributed by atoms with Crippen molar-refractivity contribution in [2.45, 2.75) is 19.3 Å². The average molecular weight is 401 g/mol. The van der Waals surface area contributed by atoms with Crippen LogP contribution in [0.4, 0.5) is 0 Å². The highest BCUT2D eigenvalue weighted by Gasteiger charge is 2.18. The Bertz CT molecular complexity index is 830. The first-order valence-electron chi connectivity index (χ1n) is 9.08. The molecule has 0 saturated carbocycles. The quantitative estimate of drug-likeness (QED) is 0.544. The molecule has 2 aromatic rings. The minimum Gasteiger partial charge on any atom is -0.493 e. The molecule has 28 heavy (non-hydrogen) atoms. The summed E-state index contributed by atoms with van der Waals surface area (Å²) < 4.78 is 11.0. The molecule has 0 spiro atoms. The SMILES string of the molecule is COc1cc(/C=N\NC(=O)Cc2cccs2)ccc1OCC(=O)N1CCCC1. The molecule has 8 heteroatoms. The summed E-state index contributed by atoms with van der Waals surface area (Å²) in [6, 6.07) is 9.07. The molecule has 1 fully saturated rings. The van der Waals surface area contributed by atoms with Gasteiger partial charge in [0, 0.05) is 18.0 Å². The van der Waals surface area contributed by atoms with Crippen LogP contribution in [0.3, 0.4) is 0 Å². The van der Waals surface area contributed by atoms with Crippen LogP contribution in [0.2, 0.25) is 0 Å². The number of likely N-dealkylation sites (tertiary alicyclic amines) is 1. The number of benzene rings is 1. The molecule has 1 aliphatic rings. The molecule has 1 aromatic heterocycles. The second-order valence-electron chi connectivity index (χ2n) is 6.34. The molecule has 0 radical (unpaired) electrons. The molecule has 1 saturated heterocycles. The third kappa shape index (κ3) is 5.56. The van der Waals surface area contributed by atoms with Crippen molar-refractivity contribution < 1.29 is 19.1 Å². The van der Waals surface area contributed by atoms with E-state index in [9.17, 15) is 9.59 Å². The summed E-state index contributed by atoms with van der Waals surface area (Å²) in [5.41, 5.74) is 3.25. The van der Waals surface area contributed by atoms with Crippen molar-refractivity contribution in [3.8, 4) is 11.5 Å².